The van der Waals surface area contributed by atoms with Crippen molar-refractivity contribution in [1.29, 1.82) is 0 Å². The molecule has 1 unspecified atom stereocenters. The Morgan fingerprint density at radius 1 is 1.43 bits per heavy atom. The molecule has 116 valence electrons. The molecule has 21 heavy (non-hydrogen) atoms. The summed E-state index contributed by atoms with van der Waals surface area (Å²) >= 11 is 0. The molecule has 0 bridgehead atoms. The Hall–Kier alpha value is -1.80. The van der Waals surface area contributed by atoms with E-state index in [-0.39, 0.29) is 16.6 Å². The Labute approximate surface area is 124 Å². The average Bonchev–Trinajstić information content (AvgIpc) is 2.72. The zero-order valence-corrected chi connectivity index (χ0v) is 13.0. The average molecular weight is 313 g/mol. The molecule has 1 aliphatic heterocycles. The summed E-state index contributed by atoms with van der Waals surface area (Å²) in [5, 5.41) is 0. The summed E-state index contributed by atoms with van der Waals surface area (Å²) in [6.07, 6.45) is 0.443. The van der Waals surface area contributed by atoms with Gasteiger partial charge in [-0.3, -0.25) is 4.79 Å². The van der Waals surface area contributed by atoms with Gasteiger partial charge >= 0.3 is 0 Å². The lowest BCUT2D eigenvalue weighted by Gasteiger charge is -2.16. The molecular weight excluding hydrogens is 294 g/mol. The number of likely N-dealkylation sites (N-methyl/N-ethyl adjacent to an activating group) is 1. The molecule has 0 spiro atoms. The highest BCUT2D eigenvalue weighted by Crippen LogP contribution is 2.29. The number of nitrogen functional groups attached to an aromatic ring is 1. The van der Waals surface area contributed by atoms with E-state index in [2.05, 4.69) is 4.72 Å². The predicted octanol–water partition coefficient (Wildman–Crippen LogP) is 0.0948. The second kappa shape index (κ2) is 5.53. The zero-order chi connectivity index (χ0) is 15.8. The van der Waals surface area contributed by atoms with Gasteiger partial charge in [-0.2, -0.15) is 4.72 Å². The molecule has 1 saturated heterocycles. The summed E-state index contributed by atoms with van der Waals surface area (Å²) in [6, 6.07) is 2.17. The number of likely N-dealkylation sites (tertiary alicyclic amines) is 1. The second-order valence-electron chi connectivity index (χ2n) is 5.08. The van der Waals surface area contributed by atoms with Crippen molar-refractivity contribution in [2.75, 3.05) is 26.4 Å². The molecule has 0 saturated carbocycles. The molecule has 7 nitrogen and oxygen atoms in total. The highest BCUT2D eigenvalue weighted by Gasteiger charge is 2.34. The number of nitrogens with zero attached hydrogens (tertiary/aromatic N) is 1. The number of aryl methyl sites for hydroxylation is 1. The summed E-state index contributed by atoms with van der Waals surface area (Å²) in [6.45, 7) is 2.29. The van der Waals surface area contributed by atoms with Gasteiger partial charge in [-0.15, -0.1) is 0 Å². The van der Waals surface area contributed by atoms with Crippen molar-refractivity contribution >= 4 is 21.6 Å². The van der Waals surface area contributed by atoms with Crippen LogP contribution in [-0.4, -0.2) is 46.0 Å². The number of sulfonamides is 1. The van der Waals surface area contributed by atoms with E-state index in [1.807, 2.05) is 0 Å². The lowest BCUT2D eigenvalue weighted by molar-refractivity contribution is -0.127. The van der Waals surface area contributed by atoms with E-state index in [0.717, 1.165) is 5.56 Å². The van der Waals surface area contributed by atoms with Crippen LogP contribution in [0, 0.1) is 6.92 Å². The van der Waals surface area contributed by atoms with Crippen LogP contribution in [0.2, 0.25) is 0 Å². The van der Waals surface area contributed by atoms with E-state index < -0.39 is 16.1 Å². The Bertz CT molecular complexity index is 672. The number of nitrogens with two attached hydrogens (primary N) is 1. The number of hydrogen-bond acceptors (Lipinski definition) is 5. The van der Waals surface area contributed by atoms with Crippen molar-refractivity contribution < 1.29 is 17.9 Å². The van der Waals surface area contributed by atoms with Gasteiger partial charge in [-0.1, -0.05) is 0 Å². The van der Waals surface area contributed by atoms with Crippen LogP contribution in [-0.2, 0) is 14.8 Å². The molecule has 0 aliphatic carbocycles. The van der Waals surface area contributed by atoms with Crippen LogP contribution in [0.25, 0.3) is 0 Å². The molecule has 8 heteroatoms. The van der Waals surface area contributed by atoms with Gasteiger partial charge in [-0.05, 0) is 31.0 Å². The number of hydrogen-bond donors (Lipinski definition) is 2. The number of methoxy groups -OCH3 is 1. The van der Waals surface area contributed by atoms with Gasteiger partial charge in [-0.25, -0.2) is 8.42 Å². The van der Waals surface area contributed by atoms with Crippen molar-refractivity contribution in [3.05, 3.63) is 17.7 Å². The lowest BCUT2D eigenvalue weighted by atomic mass is 10.2. The van der Waals surface area contributed by atoms with Gasteiger partial charge in [0.15, 0.2) is 0 Å². The number of anilines is 1. The van der Waals surface area contributed by atoms with Crippen LogP contribution in [0.4, 0.5) is 5.69 Å². The van der Waals surface area contributed by atoms with E-state index in [0.29, 0.717) is 18.7 Å². The van der Waals surface area contributed by atoms with E-state index in [4.69, 9.17) is 10.5 Å². The largest absolute Gasteiger partial charge is 0.495 e. The first-order valence-electron chi connectivity index (χ1n) is 6.47. The van der Waals surface area contributed by atoms with Crippen LogP contribution < -0.4 is 15.2 Å². The highest BCUT2D eigenvalue weighted by atomic mass is 32.2. The quantitative estimate of drug-likeness (QED) is 0.767. The van der Waals surface area contributed by atoms with Crippen molar-refractivity contribution in [3.8, 4) is 5.75 Å². The third kappa shape index (κ3) is 2.96. The van der Waals surface area contributed by atoms with Crippen LogP contribution >= 0.6 is 0 Å². The number of ether oxygens (including phenoxy) is 1. The molecule has 1 atom stereocenters. The fourth-order valence-corrected chi connectivity index (χ4v) is 3.64. The van der Waals surface area contributed by atoms with Gasteiger partial charge < -0.3 is 15.4 Å². The minimum absolute atomic E-state index is 0.0598. The summed E-state index contributed by atoms with van der Waals surface area (Å²) in [5.41, 5.74) is 6.85. The molecule has 1 amide bonds. The first kappa shape index (κ1) is 15.6. The number of carbonyl (C=O) groups excluding carboxylic acids is 1. The monoisotopic (exact) mass is 313 g/mol. The molecule has 2 rings (SSSR count). The Balaban J connectivity index is 2.36. The maximum atomic E-state index is 12.5. The highest BCUT2D eigenvalue weighted by molar-refractivity contribution is 7.89. The van der Waals surface area contributed by atoms with Crippen LogP contribution in [0.15, 0.2) is 17.0 Å². The molecule has 0 radical (unpaired) electrons. The first-order valence-corrected chi connectivity index (χ1v) is 7.96. The van der Waals surface area contributed by atoms with Gasteiger partial charge in [0.25, 0.3) is 0 Å². The Kier molecular flexibility index (Phi) is 4.11. The van der Waals surface area contributed by atoms with Crippen molar-refractivity contribution in [2.45, 2.75) is 24.3 Å². The standard InChI is InChI=1S/C13H19N3O4S/c1-8-6-11(20-3)12(7-9(8)14)21(18,19)15-10-4-5-16(2)13(10)17/h6-7,10,15H,4-5,14H2,1-3H3. The van der Waals surface area contributed by atoms with E-state index in [9.17, 15) is 13.2 Å². The fraction of sp³-hybridized carbons (Fsp3) is 0.462. The summed E-state index contributed by atoms with van der Waals surface area (Å²) < 4.78 is 32.5. The van der Waals surface area contributed by atoms with E-state index in [1.54, 1.807) is 20.0 Å². The van der Waals surface area contributed by atoms with Gasteiger partial charge in [0.05, 0.1) is 7.11 Å². The number of amides is 1. The smallest absolute Gasteiger partial charge is 0.245 e. The predicted molar refractivity (Wildman–Crippen MR) is 78.5 cm³/mol. The van der Waals surface area contributed by atoms with Gasteiger partial charge in [0, 0.05) is 19.3 Å². The summed E-state index contributed by atoms with van der Waals surface area (Å²) in [4.78, 5) is 13.3. The topological polar surface area (TPSA) is 102 Å². The van der Waals surface area contributed by atoms with E-state index in [1.165, 1.54) is 18.1 Å². The number of carbonyl (C=O) groups is 1. The minimum atomic E-state index is -3.88. The van der Waals surface area contributed by atoms with E-state index >= 15 is 0 Å². The van der Waals surface area contributed by atoms with Crippen LogP contribution in [0.5, 0.6) is 5.75 Å². The fourth-order valence-electron chi connectivity index (χ4n) is 2.23. The number of nitrogens with one attached hydrogen (secondary N) is 1. The maximum Gasteiger partial charge on any atom is 0.245 e. The molecule has 1 aromatic carbocycles. The Morgan fingerprint density at radius 2 is 2.10 bits per heavy atom. The Morgan fingerprint density at radius 3 is 2.62 bits per heavy atom. The van der Waals surface area contributed by atoms with Crippen molar-refractivity contribution in [1.82, 2.24) is 9.62 Å². The van der Waals surface area contributed by atoms with Crippen LogP contribution in [0.1, 0.15) is 12.0 Å². The minimum Gasteiger partial charge on any atom is -0.495 e. The van der Waals surface area contributed by atoms with Crippen LogP contribution in [0.3, 0.4) is 0 Å². The third-order valence-electron chi connectivity index (χ3n) is 3.57. The van der Waals surface area contributed by atoms with Gasteiger partial charge in [0.2, 0.25) is 15.9 Å². The molecule has 1 aliphatic rings. The first-order chi connectivity index (χ1) is 9.76. The van der Waals surface area contributed by atoms with Crippen molar-refractivity contribution in [2.24, 2.45) is 0 Å². The molecule has 0 aromatic heterocycles. The van der Waals surface area contributed by atoms with Crippen molar-refractivity contribution in [3.63, 3.8) is 0 Å². The normalized spacial score (nSPS) is 19.1. The lowest BCUT2D eigenvalue weighted by Crippen LogP contribution is -2.40. The second-order valence-corrected chi connectivity index (χ2v) is 6.76. The maximum absolute atomic E-state index is 12.5. The number of benzene rings is 1. The van der Waals surface area contributed by atoms with Gasteiger partial charge in [0.1, 0.15) is 16.7 Å². The number of rotatable bonds is 4. The third-order valence-corrected chi connectivity index (χ3v) is 5.06. The molecule has 1 heterocycles. The SMILES string of the molecule is COc1cc(C)c(N)cc1S(=O)(=O)NC1CCN(C)C1=O. The zero-order valence-electron chi connectivity index (χ0n) is 12.2. The molecule has 1 aromatic rings. The summed E-state index contributed by atoms with van der Waals surface area (Å²) in [5.74, 6) is -0.0365. The molecule has 1 fully saturated rings. The summed E-state index contributed by atoms with van der Waals surface area (Å²) in [7, 11) is -0.857. The molecular formula is C13H19N3O4S. The molecule has 3 N–H and O–H groups in total.